The van der Waals surface area contributed by atoms with Crippen LogP contribution in [0, 0.1) is 0 Å². The zero-order chi connectivity index (χ0) is 17.2. The Hall–Kier alpha value is -2.09. The van der Waals surface area contributed by atoms with Gasteiger partial charge in [-0.25, -0.2) is 0 Å². The number of amides is 2. The first-order valence-corrected chi connectivity index (χ1v) is 7.25. The van der Waals surface area contributed by atoms with E-state index in [1.165, 1.54) is 4.90 Å². The molecule has 0 bridgehead atoms. The number of para-hydroxylation sites is 1. The van der Waals surface area contributed by atoms with Crippen molar-refractivity contribution in [3.63, 3.8) is 0 Å². The molecular weight excluding hydrogens is 311 g/mol. The minimum absolute atomic E-state index is 0.169. The number of carbonyl (C=O) groups is 2. The lowest BCUT2D eigenvalue weighted by atomic mass is 10.1. The number of fused-ring (bicyclic) bond motifs is 1. The molecule has 8 heteroatoms. The molecular formula is C15H18F3N3O2. The van der Waals surface area contributed by atoms with Crippen LogP contribution in [0.5, 0.6) is 0 Å². The van der Waals surface area contributed by atoms with Crippen molar-refractivity contribution in [1.29, 1.82) is 0 Å². The van der Waals surface area contributed by atoms with Gasteiger partial charge in [-0.05, 0) is 18.1 Å². The molecule has 0 spiro atoms. The summed E-state index contributed by atoms with van der Waals surface area (Å²) >= 11 is 0. The molecule has 0 fully saturated rings. The highest BCUT2D eigenvalue weighted by atomic mass is 19.4. The van der Waals surface area contributed by atoms with E-state index in [2.05, 4.69) is 0 Å². The van der Waals surface area contributed by atoms with Gasteiger partial charge in [0.05, 0.1) is 6.04 Å². The smallest absolute Gasteiger partial charge is 0.345 e. The Morgan fingerprint density at radius 1 is 1.39 bits per heavy atom. The van der Waals surface area contributed by atoms with E-state index in [0.717, 1.165) is 5.56 Å². The van der Waals surface area contributed by atoms with Crippen molar-refractivity contribution < 1.29 is 22.8 Å². The van der Waals surface area contributed by atoms with E-state index in [0.29, 0.717) is 12.1 Å². The number of nitrogens with zero attached hydrogens (tertiary/aromatic N) is 1. The molecule has 2 amide bonds. The lowest BCUT2D eigenvalue weighted by Gasteiger charge is -2.27. The Kier molecular flexibility index (Phi) is 4.93. The summed E-state index contributed by atoms with van der Waals surface area (Å²) in [4.78, 5) is 25.8. The highest BCUT2D eigenvalue weighted by Crippen LogP contribution is 2.32. The maximum absolute atomic E-state index is 12.5. The van der Waals surface area contributed by atoms with Gasteiger partial charge in [-0.1, -0.05) is 25.1 Å². The van der Waals surface area contributed by atoms with Crippen molar-refractivity contribution in [2.45, 2.75) is 38.0 Å². The molecule has 1 aromatic rings. The van der Waals surface area contributed by atoms with Crippen molar-refractivity contribution in [2.24, 2.45) is 5.73 Å². The molecule has 1 heterocycles. The minimum atomic E-state index is -4.50. The molecule has 0 unspecified atom stereocenters. The highest BCUT2D eigenvalue weighted by molar-refractivity contribution is 6.05. The SMILES string of the molecule is CC[C@H](N)C(=O)N1c2ccccc2C[C@H]1C(=O)NCC(F)(F)F. The van der Waals surface area contributed by atoms with E-state index in [1.54, 1.807) is 31.2 Å². The number of benzene rings is 1. The zero-order valence-electron chi connectivity index (χ0n) is 12.6. The fourth-order valence-corrected chi connectivity index (χ4v) is 2.53. The van der Waals surface area contributed by atoms with Crippen LogP contribution in [0.1, 0.15) is 18.9 Å². The molecule has 5 nitrogen and oxygen atoms in total. The summed E-state index contributed by atoms with van der Waals surface area (Å²) in [5.41, 5.74) is 7.01. The first-order valence-electron chi connectivity index (χ1n) is 7.25. The zero-order valence-corrected chi connectivity index (χ0v) is 12.6. The van der Waals surface area contributed by atoms with Crippen LogP contribution >= 0.6 is 0 Å². The summed E-state index contributed by atoms with van der Waals surface area (Å²) in [6.07, 6.45) is -3.97. The third-order valence-corrected chi connectivity index (χ3v) is 3.74. The Morgan fingerprint density at radius 2 is 2.04 bits per heavy atom. The van der Waals surface area contributed by atoms with E-state index in [1.807, 2.05) is 5.32 Å². The van der Waals surface area contributed by atoms with E-state index >= 15 is 0 Å². The van der Waals surface area contributed by atoms with E-state index in [-0.39, 0.29) is 6.42 Å². The normalized spacial score (nSPS) is 18.5. The third kappa shape index (κ3) is 3.82. The molecule has 23 heavy (non-hydrogen) atoms. The second kappa shape index (κ2) is 6.57. The largest absolute Gasteiger partial charge is 0.405 e. The van der Waals surface area contributed by atoms with Crippen LogP contribution < -0.4 is 16.0 Å². The van der Waals surface area contributed by atoms with Crippen LogP contribution in [0.15, 0.2) is 24.3 Å². The van der Waals surface area contributed by atoms with Crippen LogP contribution in [-0.2, 0) is 16.0 Å². The summed E-state index contributed by atoms with van der Waals surface area (Å²) in [6, 6.07) is 5.03. The quantitative estimate of drug-likeness (QED) is 0.876. The minimum Gasteiger partial charge on any atom is -0.345 e. The van der Waals surface area contributed by atoms with Crippen molar-refractivity contribution in [3.8, 4) is 0 Å². The second-order valence-corrected chi connectivity index (χ2v) is 5.40. The number of anilines is 1. The van der Waals surface area contributed by atoms with Crippen LogP contribution in [0.4, 0.5) is 18.9 Å². The molecule has 0 aliphatic carbocycles. The predicted molar refractivity (Wildman–Crippen MR) is 78.8 cm³/mol. The molecule has 3 N–H and O–H groups in total. The summed E-state index contributed by atoms with van der Waals surface area (Å²) in [6.45, 7) is 0.295. The monoisotopic (exact) mass is 329 g/mol. The fourth-order valence-electron chi connectivity index (χ4n) is 2.53. The second-order valence-electron chi connectivity index (χ2n) is 5.40. The number of nitrogens with two attached hydrogens (primary N) is 1. The standard InChI is InChI=1S/C15H18F3N3O2/c1-2-10(19)14(23)21-11-6-4-3-5-9(11)7-12(21)13(22)20-8-15(16,17)18/h3-6,10,12H,2,7-8,19H2,1H3,(H,20,22)/t10-,12-/m0/s1. The van der Waals surface area contributed by atoms with Crippen molar-refractivity contribution in [3.05, 3.63) is 29.8 Å². The van der Waals surface area contributed by atoms with Gasteiger partial charge in [0, 0.05) is 12.1 Å². The van der Waals surface area contributed by atoms with Crippen LogP contribution in [0.2, 0.25) is 0 Å². The summed E-state index contributed by atoms with van der Waals surface area (Å²) in [5.74, 6) is -1.31. The maximum atomic E-state index is 12.5. The molecule has 0 saturated heterocycles. The average molecular weight is 329 g/mol. The molecule has 1 aliphatic heterocycles. The van der Waals surface area contributed by atoms with Crippen LogP contribution in [0.25, 0.3) is 0 Å². The van der Waals surface area contributed by atoms with E-state index < -0.39 is 36.6 Å². The molecule has 1 aromatic carbocycles. The van der Waals surface area contributed by atoms with Gasteiger partial charge in [-0.2, -0.15) is 13.2 Å². The number of hydrogen-bond acceptors (Lipinski definition) is 3. The van der Waals surface area contributed by atoms with Gasteiger partial charge in [0.2, 0.25) is 11.8 Å². The van der Waals surface area contributed by atoms with Gasteiger partial charge in [-0.15, -0.1) is 0 Å². The number of halogens is 3. The van der Waals surface area contributed by atoms with E-state index in [9.17, 15) is 22.8 Å². The molecule has 0 saturated carbocycles. The van der Waals surface area contributed by atoms with Gasteiger partial charge in [-0.3, -0.25) is 14.5 Å². The maximum Gasteiger partial charge on any atom is 0.405 e. The fraction of sp³-hybridized carbons (Fsp3) is 0.467. The average Bonchev–Trinajstić information content (AvgIpc) is 2.89. The Morgan fingerprint density at radius 3 is 2.65 bits per heavy atom. The predicted octanol–water partition coefficient (Wildman–Crippen LogP) is 1.36. The van der Waals surface area contributed by atoms with Gasteiger partial charge >= 0.3 is 6.18 Å². The summed E-state index contributed by atoms with van der Waals surface area (Å²) in [5, 5.41) is 1.84. The van der Waals surface area contributed by atoms with Crippen molar-refractivity contribution in [1.82, 2.24) is 5.32 Å². The van der Waals surface area contributed by atoms with Gasteiger partial charge in [0.1, 0.15) is 12.6 Å². The lowest BCUT2D eigenvalue weighted by Crippen LogP contribution is -2.53. The summed E-state index contributed by atoms with van der Waals surface area (Å²) in [7, 11) is 0. The Labute approximate surface area is 131 Å². The van der Waals surface area contributed by atoms with Crippen LogP contribution in [-0.4, -0.2) is 36.6 Å². The first kappa shape index (κ1) is 17.3. The molecule has 2 rings (SSSR count). The molecule has 126 valence electrons. The molecule has 2 atom stereocenters. The molecule has 0 aromatic heterocycles. The lowest BCUT2D eigenvalue weighted by molar-refractivity contribution is -0.139. The summed E-state index contributed by atoms with van der Waals surface area (Å²) < 4.78 is 36.9. The number of alkyl halides is 3. The van der Waals surface area contributed by atoms with Crippen molar-refractivity contribution in [2.75, 3.05) is 11.4 Å². The Balaban J connectivity index is 2.25. The topological polar surface area (TPSA) is 75.4 Å². The number of rotatable bonds is 4. The number of hydrogen-bond donors (Lipinski definition) is 2. The molecule has 1 aliphatic rings. The van der Waals surface area contributed by atoms with Gasteiger partial charge < -0.3 is 11.1 Å². The van der Waals surface area contributed by atoms with Gasteiger partial charge in [0.15, 0.2) is 0 Å². The van der Waals surface area contributed by atoms with E-state index in [4.69, 9.17) is 5.73 Å². The third-order valence-electron chi connectivity index (χ3n) is 3.74. The van der Waals surface area contributed by atoms with Crippen molar-refractivity contribution >= 4 is 17.5 Å². The highest BCUT2D eigenvalue weighted by Gasteiger charge is 2.40. The number of carbonyl (C=O) groups excluding carboxylic acids is 2. The first-order chi connectivity index (χ1) is 10.7. The van der Waals surface area contributed by atoms with Crippen LogP contribution in [0.3, 0.4) is 0 Å². The Bertz CT molecular complexity index is 604. The van der Waals surface area contributed by atoms with Gasteiger partial charge in [0.25, 0.3) is 0 Å². The number of nitrogens with one attached hydrogen (secondary N) is 1. The molecule has 0 radical (unpaired) electrons.